The average Bonchev–Trinajstić information content (AvgIpc) is 2.39. The van der Waals surface area contributed by atoms with Gasteiger partial charge < -0.3 is 20.4 Å². The number of aliphatic hydroxyl groups excluding tert-OH is 4. The molecular weight excluding hydrogens is 268 g/mol. The Labute approximate surface area is 129 Å². The van der Waals surface area contributed by atoms with E-state index in [-0.39, 0.29) is 25.4 Å². The lowest BCUT2D eigenvalue weighted by Crippen LogP contribution is -2.08. The van der Waals surface area contributed by atoms with Gasteiger partial charge in [-0.2, -0.15) is 0 Å². The highest BCUT2D eigenvalue weighted by Gasteiger charge is 2.03. The van der Waals surface area contributed by atoms with Crippen molar-refractivity contribution in [2.24, 2.45) is 5.92 Å². The van der Waals surface area contributed by atoms with Crippen LogP contribution in [0.1, 0.15) is 52.9 Å². The predicted molar refractivity (Wildman–Crippen MR) is 88.1 cm³/mol. The minimum absolute atomic E-state index is 0.0639. The molecule has 2 unspecified atom stereocenters. The van der Waals surface area contributed by atoms with E-state index in [4.69, 9.17) is 15.3 Å². The van der Waals surface area contributed by atoms with E-state index < -0.39 is 0 Å². The maximum atomic E-state index is 9.31. The van der Waals surface area contributed by atoms with Gasteiger partial charge >= 0.3 is 0 Å². The molecule has 0 saturated heterocycles. The van der Waals surface area contributed by atoms with Crippen molar-refractivity contribution < 1.29 is 20.4 Å². The molecule has 0 aromatic rings. The summed E-state index contributed by atoms with van der Waals surface area (Å²) in [6.07, 6.45) is 10.4. The third kappa shape index (κ3) is 21.8. The van der Waals surface area contributed by atoms with Crippen LogP contribution in [0.3, 0.4) is 0 Å². The number of aliphatic hydroxyl groups is 4. The quantitative estimate of drug-likeness (QED) is 0.369. The Balaban J connectivity index is 0. The Morgan fingerprint density at radius 2 is 1.67 bits per heavy atom. The van der Waals surface area contributed by atoms with Crippen LogP contribution in [-0.4, -0.2) is 45.8 Å². The maximum absolute atomic E-state index is 9.31. The zero-order valence-corrected chi connectivity index (χ0v) is 13.8. The second kappa shape index (κ2) is 17.4. The summed E-state index contributed by atoms with van der Waals surface area (Å²) in [6.45, 7) is 6.34. The van der Waals surface area contributed by atoms with Gasteiger partial charge in [0.15, 0.2) is 0 Å². The molecule has 4 N–H and O–H groups in total. The van der Waals surface area contributed by atoms with Crippen LogP contribution in [-0.2, 0) is 0 Å². The van der Waals surface area contributed by atoms with Gasteiger partial charge in [0.2, 0.25) is 0 Å². The van der Waals surface area contributed by atoms with E-state index in [1.807, 2.05) is 19.1 Å². The first-order chi connectivity index (χ1) is 9.97. The molecule has 0 rings (SSSR count). The third-order valence-electron chi connectivity index (χ3n) is 2.75. The number of unbranched alkanes of at least 4 members (excludes halogenated alkanes) is 1. The molecule has 0 radical (unpaired) electrons. The van der Waals surface area contributed by atoms with Crippen LogP contribution in [0.2, 0.25) is 0 Å². The molecule has 0 aromatic carbocycles. The highest BCUT2D eigenvalue weighted by atomic mass is 16.3. The molecule has 0 heterocycles. The molecule has 4 nitrogen and oxygen atoms in total. The Morgan fingerprint density at radius 3 is 2.14 bits per heavy atom. The molecular formula is C17H34O4. The van der Waals surface area contributed by atoms with Crippen LogP contribution in [0.15, 0.2) is 24.3 Å². The van der Waals surface area contributed by atoms with E-state index in [9.17, 15) is 5.11 Å². The second-order valence-electron chi connectivity index (χ2n) is 5.49. The van der Waals surface area contributed by atoms with Gasteiger partial charge in [0.05, 0.1) is 18.8 Å². The van der Waals surface area contributed by atoms with Crippen molar-refractivity contribution in [2.45, 2.75) is 65.1 Å². The van der Waals surface area contributed by atoms with E-state index in [0.29, 0.717) is 12.3 Å². The molecule has 2 atom stereocenters. The minimum Gasteiger partial charge on any atom is -0.396 e. The van der Waals surface area contributed by atoms with E-state index in [1.54, 1.807) is 12.2 Å². The summed E-state index contributed by atoms with van der Waals surface area (Å²) in [5, 5.41) is 35.2. The number of rotatable bonds is 10. The molecule has 0 saturated carbocycles. The molecule has 0 fully saturated rings. The first-order valence-corrected chi connectivity index (χ1v) is 7.83. The lowest BCUT2D eigenvalue weighted by Gasteiger charge is -2.09. The zero-order chi connectivity index (χ0) is 16.5. The van der Waals surface area contributed by atoms with E-state index in [1.165, 1.54) is 0 Å². The zero-order valence-electron chi connectivity index (χ0n) is 13.8. The Bertz CT molecular complexity index is 249. The van der Waals surface area contributed by atoms with Gasteiger partial charge in [-0.05, 0) is 44.9 Å². The van der Waals surface area contributed by atoms with E-state index >= 15 is 0 Å². The second-order valence-corrected chi connectivity index (χ2v) is 5.49. The number of allylic oxidation sites excluding steroid dienone is 1. The third-order valence-corrected chi connectivity index (χ3v) is 2.75. The number of hydrogen-bond acceptors (Lipinski definition) is 4. The largest absolute Gasteiger partial charge is 0.396 e. The molecule has 4 heteroatoms. The van der Waals surface area contributed by atoms with Crippen LogP contribution in [0.4, 0.5) is 0 Å². The van der Waals surface area contributed by atoms with Crippen molar-refractivity contribution in [3.05, 3.63) is 24.3 Å². The monoisotopic (exact) mass is 302 g/mol. The summed E-state index contributed by atoms with van der Waals surface area (Å²) in [6, 6.07) is 0. The number of hydrogen-bond donors (Lipinski definition) is 4. The lowest BCUT2D eigenvalue weighted by molar-refractivity contribution is 0.151. The predicted octanol–water partition coefficient (Wildman–Crippen LogP) is 2.42. The lowest BCUT2D eigenvalue weighted by atomic mass is 10.0. The summed E-state index contributed by atoms with van der Waals surface area (Å²) < 4.78 is 0. The molecule has 0 aliphatic rings. The molecule has 0 aliphatic heterocycles. The fourth-order valence-electron chi connectivity index (χ4n) is 1.75. The Hall–Kier alpha value is -0.680. The van der Waals surface area contributed by atoms with Gasteiger partial charge in [0.1, 0.15) is 0 Å². The maximum Gasteiger partial charge on any atom is 0.0720 e. The van der Waals surface area contributed by atoms with Gasteiger partial charge in [0.25, 0.3) is 0 Å². The molecule has 0 amide bonds. The first kappa shape index (κ1) is 22.6. The van der Waals surface area contributed by atoms with Crippen molar-refractivity contribution in [3.8, 4) is 0 Å². The fourth-order valence-corrected chi connectivity index (χ4v) is 1.75. The van der Waals surface area contributed by atoms with Gasteiger partial charge in [-0.1, -0.05) is 38.2 Å². The standard InChI is InChI=1S/C9H18O2.C8H16O2/c1-8(2)7-9(11)5-3-4-6-10;1-2-5-8(10)6-3-4-7-9/h3-4,8-11H,5-7H2,1-2H3;2,5,8-10H,3-4,6-7H2,1H3. The fraction of sp³-hybridized carbons (Fsp3) is 0.765. The average molecular weight is 302 g/mol. The van der Waals surface area contributed by atoms with E-state index in [0.717, 1.165) is 25.7 Å². The highest BCUT2D eigenvalue weighted by molar-refractivity contribution is 4.85. The normalized spacial score (nSPS) is 14.5. The van der Waals surface area contributed by atoms with Crippen LogP contribution in [0.25, 0.3) is 0 Å². The summed E-state index contributed by atoms with van der Waals surface area (Å²) >= 11 is 0. The van der Waals surface area contributed by atoms with Gasteiger partial charge in [-0.25, -0.2) is 0 Å². The SMILES string of the molecule is CC(C)CC(O)CC=CCO.CC=CC(O)CCCCO. The summed E-state index contributed by atoms with van der Waals surface area (Å²) in [4.78, 5) is 0. The van der Waals surface area contributed by atoms with Gasteiger partial charge in [-0.15, -0.1) is 0 Å². The molecule has 0 spiro atoms. The van der Waals surface area contributed by atoms with Crippen LogP contribution in [0.5, 0.6) is 0 Å². The van der Waals surface area contributed by atoms with Crippen LogP contribution < -0.4 is 0 Å². The van der Waals surface area contributed by atoms with Crippen LogP contribution >= 0.6 is 0 Å². The van der Waals surface area contributed by atoms with Gasteiger partial charge in [0, 0.05) is 6.61 Å². The molecule has 0 aromatic heterocycles. The topological polar surface area (TPSA) is 80.9 Å². The van der Waals surface area contributed by atoms with Crippen LogP contribution in [0, 0.1) is 5.92 Å². The highest BCUT2D eigenvalue weighted by Crippen LogP contribution is 2.07. The first-order valence-electron chi connectivity index (χ1n) is 7.83. The summed E-state index contributed by atoms with van der Waals surface area (Å²) in [7, 11) is 0. The smallest absolute Gasteiger partial charge is 0.0720 e. The van der Waals surface area contributed by atoms with Crippen molar-refractivity contribution in [2.75, 3.05) is 13.2 Å². The summed E-state index contributed by atoms with van der Waals surface area (Å²) in [5.41, 5.74) is 0. The Kier molecular flexibility index (Phi) is 18.7. The van der Waals surface area contributed by atoms with E-state index in [2.05, 4.69) is 13.8 Å². The Morgan fingerprint density at radius 1 is 1.00 bits per heavy atom. The van der Waals surface area contributed by atoms with Crippen molar-refractivity contribution in [3.63, 3.8) is 0 Å². The van der Waals surface area contributed by atoms with Gasteiger partial charge in [-0.3, -0.25) is 0 Å². The minimum atomic E-state index is -0.323. The summed E-state index contributed by atoms with van der Waals surface area (Å²) in [5.74, 6) is 0.535. The molecule has 126 valence electrons. The molecule has 0 bridgehead atoms. The van der Waals surface area contributed by atoms with Crippen molar-refractivity contribution in [1.29, 1.82) is 0 Å². The molecule has 21 heavy (non-hydrogen) atoms. The molecule has 0 aliphatic carbocycles. The van der Waals surface area contributed by atoms with Crippen molar-refractivity contribution >= 4 is 0 Å². The van der Waals surface area contributed by atoms with Crippen molar-refractivity contribution in [1.82, 2.24) is 0 Å².